The lowest BCUT2D eigenvalue weighted by atomic mass is 10.1. The number of nitrogens with zero attached hydrogens (tertiary/aromatic N) is 2. The molecule has 0 saturated carbocycles. The van der Waals surface area contributed by atoms with Gasteiger partial charge in [-0.25, -0.2) is 4.68 Å². The first-order valence-corrected chi connectivity index (χ1v) is 7.13. The molecule has 0 amide bonds. The average Bonchev–Trinajstić information content (AvgIpc) is 2.70. The van der Waals surface area contributed by atoms with Gasteiger partial charge in [-0.15, -0.1) is 0 Å². The van der Waals surface area contributed by atoms with Crippen LogP contribution in [0, 0.1) is 0 Å². The molecule has 2 aromatic rings. The van der Waals surface area contributed by atoms with E-state index in [4.69, 9.17) is 5.73 Å². The lowest BCUT2D eigenvalue weighted by Gasteiger charge is -2.10. The summed E-state index contributed by atoms with van der Waals surface area (Å²) in [6.07, 6.45) is 6.47. The number of fused-ring (bicyclic) bond motifs is 1. The SMILES string of the molecule is NC1CCCCc2c1cnn2-c1cccc(Br)c1. The smallest absolute Gasteiger partial charge is 0.0660 e. The highest BCUT2D eigenvalue weighted by molar-refractivity contribution is 9.10. The Balaban J connectivity index is 2.09. The Kier molecular flexibility index (Phi) is 3.22. The van der Waals surface area contributed by atoms with Crippen LogP contribution in [-0.4, -0.2) is 9.78 Å². The average molecular weight is 306 g/mol. The summed E-state index contributed by atoms with van der Waals surface area (Å²) in [4.78, 5) is 0. The summed E-state index contributed by atoms with van der Waals surface area (Å²) in [5.41, 5.74) is 9.79. The number of aromatic nitrogens is 2. The fraction of sp³-hybridized carbons (Fsp3) is 0.357. The van der Waals surface area contributed by atoms with Gasteiger partial charge in [-0.3, -0.25) is 0 Å². The molecule has 4 heteroatoms. The third-order valence-electron chi connectivity index (χ3n) is 3.53. The van der Waals surface area contributed by atoms with Crippen LogP contribution in [-0.2, 0) is 6.42 Å². The Morgan fingerprint density at radius 3 is 3.06 bits per heavy atom. The molecule has 1 aromatic carbocycles. The fourth-order valence-corrected chi connectivity index (χ4v) is 2.98. The van der Waals surface area contributed by atoms with Crippen LogP contribution >= 0.6 is 15.9 Å². The molecular weight excluding hydrogens is 290 g/mol. The monoisotopic (exact) mass is 305 g/mol. The summed E-state index contributed by atoms with van der Waals surface area (Å²) in [5, 5.41) is 4.52. The molecule has 0 fully saturated rings. The molecule has 0 radical (unpaired) electrons. The quantitative estimate of drug-likeness (QED) is 0.821. The second kappa shape index (κ2) is 4.86. The van der Waals surface area contributed by atoms with E-state index in [0.29, 0.717) is 0 Å². The van der Waals surface area contributed by atoms with Crippen LogP contribution < -0.4 is 5.73 Å². The van der Waals surface area contributed by atoms with Crippen LogP contribution in [0.5, 0.6) is 0 Å². The number of halogens is 1. The summed E-state index contributed by atoms with van der Waals surface area (Å²) in [6.45, 7) is 0. The summed E-state index contributed by atoms with van der Waals surface area (Å²) < 4.78 is 3.10. The Bertz CT molecular complexity index is 562. The second-order valence-electron chi connectivity index (χ2n) is 4.79. The molecule has 1 aromatic heterocycles. The maximum atomic E-state index is 6.21. The lowest BCUT2D eigenvalue weighted by Crippen LogP contribution is -2.10. The van der Waals surface area contributed by atoms with Crippen molar-refractivity contribution in [1.82, 2.24) is 9.78 Å². The van der Waals surface area contributed by atoms with E-state index in [-0.39, 0.29) is 6.04 Å². The molecule has 2 N–H and O–H groups in total. The van der Waals surface area contributed by atoms with Gasteiger partial charge in [-0.05, 0) is 37.5 Å². The minimum absolute atomic E-state index is 0.142. The van der Waals surface area contributed by atoms with Crippen LogP contribution in [0.2, 0.25) is 0 Å². The maximum absolute atomic E-state index is 6.21. The van der Waals surface area contributed by atoms with Crippen LogP contribution in [0.4, 0.5) is 0 Å². The lowest BCUT2D eigenvalue weighted by molar-refractivity contribution is 0.611. The van der Waals surface area contributed by atoms with Gasteiger partial charge in [0, 0.05) is 21.8 Å². The Labute approximate surface area is 115 Å². The third kappa shape index (κ3) is 2.10. The van der Waals surface area contributed by atoms with Crippen molar-refractivity contribution in [2.45, 2.75) is 31.7 Å². The number of nitrogens with two attached hydrogens (primary N) is 1. The van der Waals surface area contributed by atoms with E-state index in [0.717, 1.165) is 23.0 Å². The molecule has 1 heterocycles. The number of hydrogen-bond donors (Lipinski definition) is 1. The topological polar surface area (TPSA) is 43.8 Å². The van der Waals surface area contributed by atoms with Crippen LogP contribution in [0.25, 0.3) is 5.69 Å². The zero-order valence-electron chi connectivity index (χ0n) is 10.1. The van der Waals surface area contributed by atoms with Gasteiger partial charge >= 0.3 is 0 Å². The standard InChI is InChI=1S/C14H16BrN3/c15-10-4-3-5-11(8-10)18-14-7-2-1-6-13(16)12(14)9-17-18/h3-5,8-9,13H,1-2,6-7,16H2. The van der Waals surface area contributed by atoms with Crippen molar-refractivity contribution in [3.05, 3.63) is 46.2 Å². The zero-order valence-corrected chi connectivity index (χ0v) is 11.7. The van der Waals surface area contributed by atoms with Crippen molar-refractivity contribution in [1.29, 1.82) is 0 Å². The summed E-state index contributed by atoms with van der Waals surface area (Å²) in [7, 11) is 0. The summed E-state index contributed by atoms with van der Waals surface area (Å²) in [6, 6.07) is 8.36. The zero-order chi connectivity index (χ0) is 12.5. The predicted octanol–water partition coefficient (Wildman–Crippen LogP) is 3.36. The van der Waals surface area contributed by atoms with Crippen LogP contribution in [0.1, 0.15) is 36.6 Å². The molecule has 0 spiro atoms. The van der Waals surface area contributed by atoms with Gasteiger partial charge in [0.15, 0.2) is 0 Å². The molecule has 94 valence electrons. The fourth-order valence-electron chi connectivity index (χ4n) is 2.59. The number of benzene rings is 1. The molecule has 3 rings (SSSR count). The van der Waals surface area contributed by atoms with Crippen molar-refractivity contribution < 1.29 is 0 Å². The summed E-state index contributed by atoms with van der Waals surface area (Å²) >= 11 is 3.51. The molecule has 0 saturated heterocycles. The highest BCUT2D eigenvalue weighted by Gasteiger charge is 2.20. The van der Waals surface area contributed by atoms with Gasteiger partial charge in [0.1, 0.15) is 0 Å². The molecule has 1 aliphatic carbocycles. The molecule has 0 bridgehead atoms. The molecule has 3 nitrogen and oxygen atoms in total. The van der Waals surface area contributed by atoms with Crippen molar-refractivity contribution in [3.8, 4) is 5.69 Å². The maximum Gasteiger partial charge on any atom is 0.0660 e. The molecule has 1 aliphatic rings. The predicted molar refractivity (Wildman–Crippen MR) is 75.7 cm³/mol. The highest BCUT2D eigenvalue weighted by Crippen LogP contribution is 2.28. The normalized spacial score (nSPS) is 19.3. The van der Waals surface area contributed by atoms with Gasteiger partial charge < -0.3 is 5.73 Å². The first-order chi connectivity index (χ1) is 8.75. The van der Waals surface area contributed by atoms with Crippen molar-refractivity contribution in [2.75, 3.05) is 0 Å². The van der Waals surface area contributed by atoms with Gasteiger partial charge in [-0.1, -0.05) is 28.4 Å². The Morgan fingerprint density at radius 2 is 2.22 bits per heavy atom. The first-order valence-electron chi connectivity index (χ1n) is 6.34. The number of rotatable bonds is 1. The van der Waals surface area contributed by atoms with E-state index in [1.165, 1.54) is 24.1 Å². The molecule has 18 heavy (non-hydrogen) atoms. The van der Waals surface area contributed by atoms with Crippen molar-refractivity contribution in [2.24, 2.45) is 5.73 Å². The van der Waals surface area contributed by atoms with Gasteiger partial charge in [0.25, 0.3) is 0 Å². The van der Waals surface area contributed by atoms with E-state index in [1.807, 2.05) is 23.0 Å². The first kappa shape index (κ1) is 11.9. The largest absolute Gasteiger partial charge is 0.324 e. The van der Waals surface area contributed by atoms with Crippen LogP contribution in [0.3, 0.4) is 0 Å². The van der Waals surface area contributed by atoms with E-state index in [9.17, 15) is 0 Å². The van der Waals surface area contributed by atoms with Crippen molar-refractivity contribution in [3.63, 3.8) is 0 Å². The molecule has 1 unspecified atom stereocenters. The summed E-state index contributed by atoms with van der Waals surface area (Å²) in [5.74, 6) is 0. The molecule has 1 atom stereocenters. The van der Waals surface area contributed by atoms with Gasteiger partial charge in [0.05, 0.1) is 11.9 Å². The van der Waals surface area contributed by atoms with Gasteiger partial charge in [-0.2, -0.15) is 5.10 Å². The van der Waals surface area contributed by atoms with Gasteiger partial charge in [0.2, 0.25) is 0 Å². The van der Waals surface area contributed by atoms with E-state index in [2.05, 4.69) is 33.2 Å². The molecular formula is C14H16BrN3. The Hall–Kier alpha value is -1.13. The van der Waals surface area contributed by atoms with E-state index in [1.54, 1.807) is 0 Å². The Morgan fingerprint density at radius 1 is 1.33 bits per heavy atom. The second-order valence-corrected chi connectivity index (χ2v) is 5.71. The highest BCUT2D eigenvalue weighted by atomic mass is 79.9. The van der Waals surface area contributed by atoms with Crippen LogP contribution in [0.15, 0.2) is 34.9 Å². The minimum Gasteiger partial charge on any atom is -0.324 e. The third-order valence-corrected chi connectivity index (χ3v) is 4.03. The van der Waals surface area contributed by atoms with E-state index >= 15 is 0 Å². The van der Waals surface area contributed by atoms with Crippen molar-refractivity contribution >= 4 is 15.9 Å². The van der Waals surface area contributed by atoms with E-state index < -0.39 is 0 Å². The minimum atomic E-state index is 0.142. The number of hydrogen-bond acceptors (Lipinski definition) is 2. The molecule has 0 aliphatic heterocycles.